The van der Waals surface area contributed by atoms with E-state index in [1.165, 1.54) is 12.1 Å². The molecule has 0 aliphatic heterocycles. The third-order valence-electron chi connectivity index (χ3n) is 5.97. The second-order valence-electron chi connectivity index (χ2n) is 10.2. The van der Waals surface area contributed by atoms with Crippen molar-refractivity contribution in [1.29, 1.82) is 0 Å². The van der Waals surface area contributed by atoms with Gasteiger partial charge >= 0.3 is 17.7 Å². The summed E-state index contributed by atoms with van der Waals surface area (Å²) in [7, 11) is 0. The monoisotopic (exact) mass is 538 g/mol. The minimum atomic E-state index is -1.08. The predicted molar refractivity (Wildman–Crippen MR) is 147 cm³/mol. The van der Waals surface area contributed by atoms with Gasteiger partial charge in [-0.3, -0.25) is 0 Å². The van der Waals surface area contributed by atoms with Crippen LogP contribution >= 0.6 is 11.6 Å². The number of ether oxygens (including phenoxy) is 2. The Balaban J connectivity index is 1.64. The molecule has 0 saturated heterocycles. The van der Waals surface area contributed by atoms with Crippen molar-refractivity contribution in [3.05, 3.63) is 75.2 Å². The highest BCUT2D eigenvalue weighted by Gasteiger charge is 2.28. The third-order valence-corrected chi connectivity index (χ3v) is 6.26. The number of fused-ring (bicyclic) bond motifs is 2. The number of para-hydroxylation sites is 1. The molecule has 2 heterocycles. The molecule has 38 heavy (non-hydrogen) atoms. The quantitative estimate of drug-likeness (QED) is 0.154. The van der Waals surface area contributed by atoms with E-state index in [-0.39, 0.29) is 22.8 Å². The summed E-state index contributed by atoms with van der Waals surface area (Å²) in [4.78, 5) is 41.3. The molecule has 1 amide bonds. The summed E-state index contributed by atoms with van der Waals surface area (Å²) >= 11 is 6.50. The molecule has 0 saturated carbocycles. The minimum Gasteiger partial charge on any atom is -0.444 e. The first kappa shape index (κ1) is 27.3. The molecule has 0 aliphatic rings. The molecule has 0 fully saturated rings. The Morgan fingerprint density at radius 1 is 1.11 bits per heavy atom. The summed E-state index contributed by atoms with van der Waals surface area (Å²) in [5.41, 5.74) is 1.56. The summed E-state index contributed by atoms with van der Waals surface area (Å²) in [6.45, 7) is 7.26. The van der Waals surface area contributed by atoms with Crippen LogP contribution in [0.1, 0.15) is 51.7 Å². The molecule has 9 heteroatoms. The fraction of sp³-hybridized carbons (Fsp3) is 0.345. The van der Waals surface area contributed by atoms with Crippen LogP contribution in [-0.4, -0.2) is 28.7 Å². The van der Waals surface area contributed by atoms with Gasteiger partial charge in [0.25, 0.3) is 0 Å². The van der Waals surface area contributed by atoms with E-state index < -0.39 is 29.3 Å². The summed E-state index contributed by atoms with van der Waals surface area (Å²) in [5.74, 6) is -0.721. The molecule has 1 atom stereocenters. The number of esters is 1. The summed E-state index contributed by atoms with van der Waals surface area (Å²) in [6.07, 6.45) is 3.74. The molecule has 0 radical (unpaired) electrons. The number of H-pyrrole nitrogens is 1. The zero-order valence-corrected chi connectivity index (χ0v) is 22.6. The van der Waals surface area contributed by atoms with Gasteiger partial charge in [0.1, 0.15) is 17.2 Å². The summed E-state index contributed by atoms with van der Waals surface area (Å²) in [5, 5.41) is 4.41. The highest BCUT2D eigenvalue weighted by atomic mass is 35.5. The molecule has 2 aromatic heterocycles. The number of carbonyl (C=O) groups is 2. The van der Waals surface area contributed by atoms with Crippen molar-refractivity contribution in [3.63, 3.8) is 0 Å². The van der Waals surface area contributed by atoms with Crippen molar-refractivity contribution in [1.82, 2.24) is 10.3 Å². The Bertz CT molecular complexity index is 1530. The van der Waals surface area contributed by atoms with Gasteiger partial charge in [0.05, 0.1) is 5.02 Å². The molecule has 2 N–H and O–H groups in total. The number of aromatic nitrogens is 1. The van der Waals surface area contributed by atoms with Crippen molar-refractivity contribution in [2.75, 3.05) is 0 Å². The molecular weight excluding hydrogens is 508 g/mol. The topological polar surface area (TPSA) is 111 Å². The molecule has 0 aliphatic carbocycles. The van der Waals surface area contributed by atoms with Crippen LogP contribution in [0.4, 0.5) is 4.79 Å². The zero-order valence-electron chi connectivity index (χ0n) is 21.9. The highest BCUT2D eigenvalue weighted by molar-refractivity contribution is 6.33. The largest absolute Gasteiger partial charge is 0.444 e. The van der Waals surface area contributed by atoms with Crippen molar-refractivity contribution in [3.8, 4) is 5.75 Å². The van der Waals surface area contributed by atoms with Gasteiger partial charge in [-0.25, -0.2) is 14.4 Å². The zero-order chi connectivity index (χ0) is 27.4. The lowest BCUT2D eigenvalue weighted by atomic mass is 10.0. The van der Waals surface area contributed by atoms with Crippen LogP contribution in [0.3, 0.4) is 0 Å². The second kappa shape index (κ2) is 11.3. The minimum absolute atomic E-state index is 0.0230. The molecule has 4 aromatic rings. The maximum absolute atomic E-state index is 13.4. The SMILES string of the molecule is CCCCc1cc(=O)oc2cc(OC(=O)C(Cc3c[nH]c4ccccc34)NC(=O)OC(C)(C)C)c(Cl)cc12. The summed E-state index contributed by atoms with van der Waals surface area (Å²) < 4.78 is 16.4. The lowest BCUT2D eigenvalue weighted by Gasteiger charge is -2.23. The van der Waals surface area contributed by atoms with Crippen molar-refractivity contribution >= 4 is 45.5 Å². The third kappa shape index (κ3) is 6.55. The fourth-order valence-electron chi connectivity index (χ4n) is 4.22. The second-order valence-corrected chi connectivity index (χ2v) is 10.6. The maximum atomic E-state index is 13.4. The molecule has 8 nitrogen and oxygen atoms in total. The van der Waals surface area contributed by atoms with Gasteiger partial charge in [-0.15, -0.1) is 0 Å². The van der Waals surface area contributed by atoms with E-state index in [0.717, 1.165) is 34.9 Å². The maximum Gasteiger partial charge on any atom is 0.408 e. The Hall–Kier alpha value is -3.78. The van der Waals surface area contributed by atoms with E-state index in [1.54, 1.807) is 33.0 Å². The molecule has 1 unspecified atom stereocenters. The van der Waals surface area contributed by atoms with Crippen LogP contribution in [0.2, 0.25) is 5.02 Å². The van der Waals surface area contributed by atoms with E-state index in [4.69, 9.17) is 25.5 Å². The van der Waals surface area contributed by atoms with Gasteiger partial charge < -0.3 is 24.2 Å². The standard InChI is InChI=1S/C29H31ClN2O6/c1-5-6-9-17-13-26(33)36-24-15-25(21(30)14-20(17)24)37-27(34)23(32-28(35)38-29(2,3)4)12-18-16-31-22-11-8-7-10-19(18)22/h7-8,10-11,13-16,23,31H,5-6,9,12H2,1-4H3,(H,32,35). The highest BCUT2D eigenvalue weighted by Crippen LogP contribution is 2.32. The number of alkyl carbamates (subject to hydrolysis) is 1. The lowest BCUT2D eigenvalue weighted by Crippen LogP contribution is -2.46. The molecule has 200 valence electrons. The first-order chi connectivity index (χ1) is 18.0. The van der Waals surface area contributed by atoms with Crippen LogP contribution in [-0.2, 0) is 22.4 Å². The number of rotatable bonds is 8. The van der Waals surface area contributed by atoms with E-state index >= 15 is 0 Å². The van der Waals surface area contributed by atoms with Gasteiger partial charge in [-0.2, -0.15) is 0 Å². The Labute approximate surface area is 225 Å². The van der Waals surface area contributed by atoms with Crippen molar-refractivity contribution < 1.29 is 23.5 Å². The predicted octanol–water partition coefficient (Wildman–Crippen LogP) is 6.31. The number of hydrogen-bond acceptors (Lipinski definition) is 6. The van der Waals surface area contributed by atoms with Crippen molar-refractivity contribution in [2.45, 2.75) is 65.0 Å². The normalized spacial score (nSPS) is 12.4. The smallest absolute Gasteiger partial charge is 0.408 e. The molecule has 4 rings (SSSR count). The van der Waals surface area contributed by atoms with E-state index in [1.807, 2.05) is 24.3 Å². The van der Waals surface area contributed by atoms with Gasteiger partial charge in [0.2, 0.25) is 0 Å². The molecular formula is C29H31ClN2O6. The number of aryl methyl sites for hydroxylation is 1. The van der Waals surface area contributed by atoms with Gasteiger partial charge in [-0.1, -0.05) is 43.1 Å². The molecule has 0 bridgehead atoms. The number of carbonyl (C=O) groups excluding carboxylic acids is 2. The number of aromatic amines is 1. The Morgan fingerprint density at radius 2 is 1.87 bits per heavy atom. The van der Waals surface area contributed by atoms with E-state index in [2.05, 4.69) is 17.2 Å². The fourth-order valence-corrected chi connectivity index (χ4v) is 4.43. The summed E-state index contributed by atoms with van der Waals surface area (Å²) in [6, 6.07) is 11.1. The number of unbranched alkanes of at least 4 members (excludes halogenated alkanes) is 1. The number of nitrogens with one attached hydrogen (secondary N) is 2. The van der Waals surface area contributed by atoms with E-state index in [0.29, 0.717) is 11.8 Å². The lowest BCUT2D eigenvalue weighted by molar-refractivity contribution is -0.136. The number of benzene rings is 2. The van der Waals surface area contributed by atoms with Crippen LogP contribution in [0.15, 0.2) is 57.9 Å². The van der Waals surface area contributed by atoms with Gasteiger partial charge in [0.15, 0.2) is 5.75 Å². The van der Waals surface area contributed by atoms with Gasteiger partial charge in [0, 0.05) is 41.0 Å². The van der Waals surface area contributed by atoms with Gasteiger partial charge in [-0.05, 0) is 56.9 Å². The molecule has 2 aromatic carbocycles. The number of halogens is 1. The van der Waals surface area contributed by atoms with Crippen LogP contribution in [0.25, 0.3) is 21.9 Å². The van der Waals surface area contributed by atoms with Crippen molar-refractivity contribution in [2.24, 2.45) is 0 Å². The Kier molecular flexibility index (Phi) is 8.11. The van der Waals surface area contributed by atoms with Crippen LogP contribution in [0.5, 0.6) is 5.75 Å². The first-order valence-corrected chi connectivity index (χ1v) is 12.9. The average Bonchev–Trinajstić information content (AvgIpc) is 3.24. The van der Waals surface area contributed by atoms with Crippen LogP contribution < -0.4 is 15.7 Å². The first-order valence-electron chi connectivity index (χ1n) is 12.6. The number of hydrogen-bond donors (Lipinski definition) is 2. The average molecular weight is 539 g/mol. The Morgan fingerprint density at radius 3 is 2.61 bits per heavy atom. The van der Waals surface area contributed by atoms with E-state index in [9.17, 15) is 14.4 Å². The molecule has 0 spiro atoms. The number of amides is 1. The van der Waals surface area contributed by atoms with Crippen LogP contribution in [0, 0.1) is 0 Å².